The molecule has 1 aromatic rings. The standard InChI is InChI=1S/C15H17NO2/c1-10-6-2-5-9-13(10)16-14(17)11-7-3-4-8-12(11)15(16)18/h2,5-6,9,11-12H,3-4,7-8H2,1H3/t11-,12-/m0/s1. The van der Waals surface area contributed by atoms with E-state index < -0.39 is 0 Å². The van der Waals surface area contributed by atoms with Gasteiger partial charge in [0, 0.05) is 0 Å². The molecule has 2 aliphatic rings. The largest absolute Gasteiger partial charge is 0.274 e. The van der Waals surface area contributed by atoms with E-state index in [2.05, 4.69) is 0 Å². The molecule has 1 saturated heterocycles. The van der Waals surface area contributed by atoms with Crippen LogP contribution in [0.1, 0.15) is 31.2 Å². The number of aryl methyl sites for hydroxylation is 1. The van der Waals surface area contributed by atoms with E-state index in [4.69, 9.17) is 0 Å². The number of hydrogen-bond acceptors (Lipinski definition) is 2. The predicted octanol–water partition coefficient (Wildman–Crippen LogP) is 2.67. The van der Waals surface area contributed by atoms with Gasteiger partial charge in [-0.1, -0.05) is 31.0 Å². The molecule has 0 bridgehead atoms. The lowest BCUT2D eigenvalue weighted by molar-refractivity contribution is -0.122. The number of rotatable bonds is 1. The van der Waals surface area contributed by atoms with E-state index in [9.17, 15) is 9.59 Å². The molecule has 1 aliphatic carbocycles. The van der Waals surface area contributed by atoms with E-state index in [0.717, 1.165) is 36.9 Å². The van der Waals surface area contributed by atoms with Gasteiger partial charge in [0.05, 0.1) is 17.5 Å². The topological polar surface area (TPSA) is 37.4 Å². The van der Waals surface area contributed by atoms with Crippen LogP contribution in [0.15, 0.2) is 24.3 Å². The maximum atomic E-state index is 12.4. The normalized spacial score (nSPS) is 27.5. The third-order valence-electron chi connectivity index (χ3n) is 4.20. The highest BCUT2D eigenvalue weighted by atomic mass is 16.2. The summed E-state index contributed by atoms with van der Waals surface area (Å²) >= 11 is 0. The second-order valence-corrected chi connectivity index (χ2v) is 5.30. The molecule has 3 rings (SSSR count). The van der Waals surface area contributed by atoms with Crippen molar-refractivity contribution < 1.29 is 9.59 Å². The van der Waals surface area contributed by atoms with Gasteiger partial charge in [0.2, 0.25) is 11.8 Å². The Morgan fingerprint density at radius 2 is 1.56 bits per heavy atom. The summed E-state index contributed by atoms with van der Waals surface area (Å²) in [4.78, 5) is 26.2. The van der Waals surface area contributed by atoms with E-state index in [1.165, 1.54) is 4.90 Å². The number of benzene rings is 1. The van der Waals surface area contributed by atoms with Crippen molar-refractivity contribution in [3.63, 3.8) is 0 Å². The van der Waals surface area contributed by atoms with E-state index in [-0.39, 0.29) is 23.7 Å². The van der Waals surface area contributed by atoms with Gasteiger partial charge in [-0.3, -0.25) is 9.59 Å². The average molecular weight is 243 g/mol. The third kappa shape index (κ3) is 1.57. The number of carbonyl (C=O) groups is 2. The van der Waals surface area contributed by atoms with E-state index in [0.29, 0.717) is 0 Å². The van der Waals surface area contributed by atoms with Gasteiger partial charge in [-0.2, -0.15) is 0 Å². The summed E-state index contributed by atoms with van der Waals surface area (Å²) < 4.78 is 0. The third-order valence-corrected chi connectivity index (χ3v) is 4.20. The monoisotopic (exact) mass is 243 g/mol. The first-order valence-corrected chi connectivity index (χ1v) is 6.63. The zero-order chi connectivity index (χ0) is 12.7. The molecule has 0 unspecified atom stereocenters. The van der Waals surface area contributed by atoms with Gasteiger partial charge in [0.15, 0.2) is 0 Å². The van der Waals surface area contributed by atoms with Crippen LogP contribution in [0.2, 0.25) is 0 Å². The Morgan fingerprint density at radius 1 is 1.00 bits per heavy atom. The molecule has 1 aromatic carbocycles. The number of amides is 2. The Kier molecular flexibility index (Phi) is 2.69. The highest BCUT2D eigenvalue weighted by molar-refractivity contribution is 6.22. The van der Waals surface area contributed by atoms with Crippen LogP contribution in [0.3, 0.4) is 0 Å². The van der Waals surface area contributed by atoms with Crippen LogP contribution in [-0.4, -0.2) is 11.8 Å². The zero-order valence-corrected chi connectivity index (χ0v) is 10.6. The number of para-hydroxylation sites is 1. The van der Waals surface area contributed by atoms with Gasteiger partial charge in [0.25, 0.3) is 0 Å². The maximum Gasteiger partial charge on any atom is 0.237 e. The van der Waals surface area contributed by atoms with Gasteiger partial charge in [-0.25, -0.2) is 4.90 Å². The van der Waals surface area contributed by atoms with Crippen molar-refractivity contribution in [3.05, 3.63) is 29.8 Å². The SMILES string of the molecule is Cc1ccccc1N1C(=O)[C@H]2CCCC[C@@H]2C1=O. The van der Waals surface area contributed by atoms with Crippen molar-refractivity contribution >= 4 is 17.5 Å². The number of carbonyl (C=O) groups excluding carboxylic acids is 2. The van der Waals surface area contributed by atoms with Crippen LogP contribution in [0, 0.1) is 18.8 Å². The molecule has 3 heteroatoms. The van der Waals surface area contributed by atoms with Gasteiger partial charge >= 0.3 is 0 Å². The minimum absolute atomic E-state index is 0.0130. The summed E-state index contributed by atoms with van der Waals surface area (Å²) in [6.45, 7) is 1.94. The van der Waals surface area contributed by atoms with Gasteiger partial charge in [-0.05, 0) is 31.4 Å². The Hall–Kier alpha value is -1.64. The minimum atomic E-state index is -0.0640. The molecule has 1 aliphatic heterocycles. The van der Waals surface area contributed by atoms with Gasteiger partial charge < -0.3 is 0 Å². The summed E-state index contributed by atoms with van der Waals surface area (Å²) in [7, 11) is 0. The molecule has 2 amide bonds. The lowest BCUT2D eigenvalue weighted by Crippen LogP contribution is -2.31. The Balaban J connectivity index is 2.00. The van der Waals surface area contributed by atoms with Gasteiger partial charge in [0.1, 0.15) is 0 Å². The number of hydrogen-bond donors (Lipinski definition) is 0. The Bertz CT molecular complexity index is 485. The molecular weight excluding hydrogens is 226 g/mol. The van der Waals surface area contributed by atoms with Crippen molar-refractivity contribution in [3.8, 4) is 0 Å². The molecule has 3 nitrogen and oxygen atoms in total. The predicted molar refractivity (Wildman–Crippen MR) is 69.1 cm³/mol. The van der Waals surface area contributed by atoms with Crippen molar-refractivity contribution in [1.29, 1.82) is 0 Å². The number of anilines is 1. The van der Waals surface area contributed by atoms with Crippen LogP contribution in [0.25, 0.3) is 0 Å². The molecule has 2 fully saturated rings. The zero-order valence-electron chi connectivity index (χ0n) is 10.6. The van der Waals surface area contributed by atoms with Crippen LogP contribution in [0.4, 0.5) is 5.69 Å². The van der Waals surface area contributed by atoms with E-state index >= 15 is 0 Å². The molecule has 0 radical (unpaired) electrons. The second kappa shape index (κ2) is 4.23. The second-order valence-electron chi connectivity index (χ2n) is 5.30. The summed E-state index contributed by atoms with van der Waals surface area (Å²) in [6, 6.07) is 7.61. The quantitative estimate of drug-likeness (QED) is 0.711. The van der Waals surface area contributed by atoms with Crippen LogP contribution >= 0.6 is 0 Å². The summed E-state index contributed by atoms with van der Waals surface area (Å²) in [5.74, 6) is -0.102. The fourth-order valence-electron chi connectivity index (χ4n) is 3.21. The first-order chi connectivity index (χ1) is 8.70. The van der Waals surface area contributed by atoms with Crippen molar-refractivity contribution in [2.45, 2.75) is 32.6 Å². The smallest absolute Gasteiger partial charge is 0.237 e. The first-order valence-electron chi connectivity index (χ1n) is 6.63. The van der Waals surface area contributed by atoms with E-state index in [1.807, 2.05) is 31.2 Å². The fourth-order valence-corrected chi connectivity index (χ4v) is 3.21. The molecule has 2 atom stereocenters. The Morgan fingerprint density at radius 3 is 2.11 bits per heavy atom. The van der Waals surface area contributed by atoms with Crippen molar-refractivity contribution in [2.75, 3.05) is 4.90 Å². The number of imide groups is 1. The number of nitrogens with zero attached hydrogens (tertiary/aromatic N) is 1. The van der Waals surface area contributed by atoms with E-state index in [1.54, 1.807) is 0 Å². The summed E-state index contributed by atoms with van der Waals surface area (Å²) in [5, 5.41) is 0. The lowest BCUT2D eigenvalue weighted by atomic mass is 9.81. The molecule has 0 N–H and O–H groups in total. The molecule has 0 aromatic heterocycles. The van der Waals surface area contributed by atoms with Crippen LogP contribution in [-0.2, 0) is 9.59 Å². The number of fused-ring (bicyclic) bond motifs is 1. The fraction of sp³-hybridized carbons (Fsp3) is 0.467. The molecule has 0 spiro atoms. The highest BCUT2D eigenvalue weighted by Gasteiger charge is 2.48. The minimum Gasteiger partial charge on any atom is -0.274 e. The first kappa shape index (κ1) is 11.5. The average Bonchev–Trinajstić information content (AvgIpc) is 2.64. The van der Waals surface area contributed by atoms with Gasteiger partial charge in [-0.15, -0.1) is 0 Å². The highest BCUT2D eigenvalue weighted by Crippen LogP contribution is 2.40. The summed E-state index contributed by atoms with van der Waals surface area (Å²) in [5.41, 5.74) is 1.75. The van der Waals surface area contributed by atoms with Crippen LogP contribution in [0.5, 0.6) is 0 Å². The van der Waals surface area contributed by atoms with Crippen LogP contribution < -0.4 is 4.90 Å². The molecule has 18 heavy (non-hydrogen) atoms. The molecular formula is C15H17NO2. The molecule has 1 saturated carbocycles. The molecule has 1 heterocycles. The maximum absolute atomic E-state index is 12.4. The van der Waals surface area contributed by atoms with Crippen molar-refractivity contribution in [1.82, 2.24) is 0 Å². The molecule has 94 valence electrons. The Labute approximate surface area is 107 Å². The van der Waals surface area contributed by atoms with Crippen molar-refractivity contribution in [2.24, 2.45) is 11.8 Å². The lowest BCUT2D eigenvalue weighted by Gasteiger charge is -2.19. The summed E-state index contributed by atoms with van der Waals surface area (Å²) in [6.07, 6.45) is 3.89.